The van der Waals surface area contributed by atoms with Crippen LogP contribution in [0.2, 0.25) is 5.02 Å². The van der Waals surface area contributed by atoms with Gasteiger partial charge in [0.1, 0.15) is 17.6 Å². The predicted molar refractivity (Wildman–Crippen MR) is 142 cm³/mol. The Morgan fingerprint density at radius 3 is 2.29 bits per heavy atom. The monoisotopic (exact) mass is 489 g/mol. The van der Waals surface area contributed by atoms with Crippen molar-refractivity contribution in [2.45, 2.75) is 39.5 Å². The first-order valence-corrected chi connectivity index (χ1v) is 12.0. The molecular formula is C29H28ClNO4. The maximum atomic E-state index is 13.0. The second-order valence-corrected chi connectivity index (χ2v) is 9.48. The Bertz CT molecular complexity index is 1410. The number of carbonyl (C=O) groups excluding carboxylic acids is 1. The molecule has 1 amide bonds. The molecule has 4 aromatic rings. The number of fused-ring (bicyclic) bond motifs is 1. The lowest BCUT2D eigenvalue weighted by Gasteiger charge is -2.20. The Kier molecular flexibility index (Phi) is 7.27. The number of hydrogen-bond acceptors (Lipinski definition) is 4. The summed E-state index contributed by atoms with van der Waals surface area (Å²) in [6.45, 7) is 8.24. The Hall–Kier alpha value is -3.57. The Morgan fingerprint density at radius 1 is 0.943 bits per heavy atom. The molecule has 0 aliphatic carbocycles. The molecule has 35 heavy (non-hydrogen) atoms. The number of benzene rings is 3. The summed E-state index contributed by atoms with van der Waals surface area (Å²) in [6.07, 6.45) is 1.40. The van der Waals surface area contributed by atoms with E-state index in [1.165, 1.54) is 6.26 Å². The summed E-state index contributed by atoms with van der Waals surface area (Å²) in [5, 5.41) is 3.92. The Morgan fingerprint density at radius 2 is 1.63 bits per heavy atom. The highest BCUT2D eigenvalue weighted by atomic mass is 35.5. The van der Waals surface area contributed by atoms with Crippen LogP contribution < -0.4 is 15.5 Å². The van der Waals surface area contributed by atoms with Crippen molar-refractivity contribution in [3.05, 3.63) is 93.3 Å². The van der Waals surface area contributed by atoms with Gasteiger partial charge in [-0.2, -0.15) is 0 Å². The van der Waals surface area contributed by atoms with Crippen LogP contribution in [0.3, 0.4) is 0 Å². The zero-order valence-electron chi connectivity index (χ0n) is 20.2. The van der Waals surface area contributed by atoms with Gasteiger partial charge in [-0.1, -0.05) is 75.7 Å². The molecule has 0 bridgehead atoms. The smallest absolute Gasteiger partial charge is 0.262 e. The van der Waals surface area contributed by atoms with E-state index >= 15 is 0 Å². The van der Waals surface area contributed by atoms with Crippen LogP contribution >= 0.6 is 11.6 Å². The van der Waals surface area contributed by atoms with Crippen LogP contribution in [-0.2, 0) is 4.79 Å². The summed E-state index contributed by atoms with van der Waals surface area (Å²) in [7, 11) is 0. The van der Waals surface area contributed by atoms with E-state index in [0.717, 1.165) is 16.8 Å². The molecule has 0 spiro atoms. The molecule has 0 unspecified atom stereocenters. The summed E-state index contributed by atoms with van der Waals surface area (Å²) in [5.41, 5.74) is 4.22. The standard InChI is InChI=1S/C29H28ClNO4/c1-17(2)20-9-7-10-21(18(3)4)28(20)31-27(32)16-34-19-12-13-23-26(14-19)35-15-24(29(23)33)22-8-5-6-11-25(22)30/h5-15,17-18H,16H2,1-4H3,(H,31,32). The molecule has 0 atom stereocenters. The molecule has 0 aliphatic rings. The van der Waals surface area contributed by atoms with Gasteiger partial charge < -0.3 is 14.5 Å². The van der Waals surface area contributed by atoms with Crippen LogP contribution in [-0.4, -0.2) is 12.5 Å². The first-order valence-electron chi connectivity index (χ1n) is 11.6. The summed E-state index contributed by atoms with van der Waals surface area (Å²) >= 11 is 6.25. The van der Waals surface area contributed by atoms with Crippen molar-refractivity contribution in [1.82, 2.24) is 0 Å². The van der Waals surface area contributed by atoms with Gasteiger partial charge in [0.25, 0.3) is 5.91 Å². The molecule has 0 fully saturated rings. The first kappa shape index (κ1) is 24.6. The van der Waals surface area contributed by atoms with Crippen LogP contribution in [0.25, 0.3) is 22.1 Å². The molecule has 1 N–H and O–H groups in total. The van der Waals surface area contributed by atoms with Gasteiger partial charge in [0.2, 0.25) is 5.43 Å². The number of para-hydroxylation sites is 1. The van der Waals surface area contributed by atoms with Crippen LogP contribution in [0, 0.1) is 0 Å². The van der Waals surface area contributed by atoms with Gasteiger partial charge >= 0.3 is 0 Å². The maximum Gasteiger partial charge on any atom is 0.262 e. The van der Waals surface area contributed by atoms with Crippen molar-refractivity contribution in [2.24, 2.45) is 0 Å². The van der Waals surface area contributed by atoms with Gasteiger partial charge in [0, 0.05) is 22.3 Å². The molecule has 0 radical (unpaired) electrons. The molecule has 3 aromatic carbocycles. The summed E-state index contributed by atoms with van der Waals surface area (Å²) in [6, 6.07) is 18.1. The quantitative estimate of drug-likeness (QED) is 0.294. The molecular weight excluding hydrogens is 462 g/mol. The maximum absolute atomic E-state index is 13.0. The molecule has 4 rings (SSSR count). The number of hydrogen-bond donors (Lipinski definition) is 1. The molecule has 0 saturated carbocycles. The number of carbonyl (C=O) groups is 1. The second kappa shape index (κ2) is 10.4. The topological polar surface area (TPSA) is 68.5 Å². The number of anilines is 1. The summed E-state index contributed by atoms with van der Waals surface area (Å²) < 4.78 is 11.4. The molecule has 180 valence electrons. The number of ether oxygens (including phenoxy) is 1. The molecule has 0 aliphatic heterocycles. The minimum Gasteiger partial charge on any atom is -0.484 e. The van der Waals surface area contributed by atoms with E-state index in [1.807, 2.05) is 24.3 Å². The van der Waals surface area contributed by atoms with E-state index in [-0.39, 0.29) is 29.8 Å². The minimum atomic E-state index is -0.254. The van der Waals surface area contributed by atoms with E-state index < -0.39 is 0 Å². The van der Waals surface area contributed by atoms with Crippen LogP contribution in [0.5, 0.6) is 5.75 Å². The molecule has 1 aromatic heterocycles. The molecule has 6 heteroatoms. The third-order valence-electron chi connectivity index (χ3n) is 5.92. The highest BCUT2D eigenvalue weighted by Gasteiger charge is 2.17. The van der Waals surface area contributed by atoms with Gasteiger partial charge in [-0.25, -0.2) is 0 Å². The number of halogens is 1. The number of amides is 1. The van der Waals surface area contributed by atoms with Crippen molar-refractivity contribution in [2.75, 3.05) is 11.9 Å². The van der Waals surface area contributed by atoms with E-state index in [2.05, 4.69) is 33.0 Å². The fourth-order valence-corrected chi connectivity index (χ4v) is 4.32. The second-order valence-electron chi connectivity index (χ2n) is 9.07. The number of nitrogens with one attached hydrogen (secondary N) is 1. The molecule has 1 heterocycles. The van der Waals surface area contributed by atoms with Crippen molar-refractivity contribution in [3.8, 4) is 16.9 Å². The van der Waals surface area contributed by atoms with Crippen molar-refractivity contribution >= 4 is 34.2 Å². The van der Waals surface area contributed by atoms with Gasteiger partial charge in [0.15, 0.2) is 6.61 Å². The minimum absolute atomic E-state index is 0.169. The zero-order chi connectivity index (χ0) is 25.1. The van der Waals surface area contributed by atoms with E-state index in [4.69, 9.17) is 20.8 Å². The summed E-state index contributed by atoms with van der Waals surface area (Å²) in [4.78, 5) is 25.8. The third kappa shape index (κ3) is 5.25. The van der Waals surface area contributed by atoms with E-state index in [9.17, 15) is 9.59 Å². The average molecular weight is 490 g/mol. The van der Waals surface area contributed by atoms with Gasteiger partial charge in [0.05, 0.1) is 10.9 Å². The zero-order valence-corrected chi connectivity index (χ0v) is 21.0. The van der Waals surface area contributed by atoms with Gasteiger partial charge in [-0.15, -0.1) is 0 Å². The van der Waals surface area contributed by atoms with Gasteiger partial charge in [-0.3, -0.25) is 9.59 Å². The SMILES string of the molecule is CC(C)c1cccc(C(C)C)c1NC(=O)COc1ccc2c(=O)c(-c3ccccc3Cl)coc2c1. The van der Waals surface area contributed by atoms with Crippen LogP contribution in [0.15, 0.2) is 76.1 Å². The fourth-order valence-electron chi connectivity index (χ4n) is 4.08. The van der Waals surface area contributed by atoms with E-state index in [1.54, 1.807) is 36.4 Å². The lowest BCUT2D eigenvalue weighted by Crippen LogP contribution is -2.22. The van der Waals surface area contributed by atoms with E-state index in [0.29, 0.717) is 32.9 Å². The third-order valence-corrected chi connectivity index (χ3v) is 6.25. The lowest BCUT2D eigenvalue weighted by atomic mass is 9.92. The molecule has 0 saturated heterocycles. The Balaban J connectivity index is 1.53. The highest BCUT2D eigenvalue weighted by Crippen LogP contribution is 2.32. The number of rotatable bonds is 7. The summed E-state index contributed by atoms with van der Waals surface area (Å²) in [5.74, 6) is 0.714. The normalized spacial score (nSPS) is 11.3. The largest absolute Gasteiger partial charge is 0.484 e. The van der Waals surface area contributed by atoms with Crippen LogP contribution in [0.1, 0.15) is 50.7 Å². The predicted octanol–water partition coefficient (Wildman–Crippen LogP) is 7.38. The Labute approximate surface area is 209 Å². The van der Waals surface area contributed by atoms with Crippen molar-refractivity contribution in [1.29, 1.82) is 0 Å². The molecule has 5 nitrogen and oxygen atoms in total. The van der Waals surface area contributed by atoms with Crippen molar-refractivity contribution in [3.63, 3.8) is 0 Å². The van der Waals surface area contributed by atoms with Gasteiger partial charge in [-0.05, 0) is 41.2 Å². The fraction of sp³-hybridized carbons (Fsp3) is 0.241. The highest BCUT2D eigenvalue weighted by molar-refractivity contribution is 6.33. The van der Waals surface area contributed by atoms with Crippen molar-refractivity contribution < 1.29 is 13.9 Å². The lowest BCUT2D eigenvalue weighted by molar-refractivity contribution is -0.118. The average Bonchev–Trinajstić information content (AvgIpc) is 2.83. The first-order chi connectivity index (χ1) is 16.8. The van der Waals surface area contributed by atoms with Crippen LogP contribution in [0.4, 0.5) is 5.69 Å².